The molecule has 3 heterocycles. The summed E-state index contributed by atoms with van der Waals surface area (Å²) in [7, 11) is 0. The van der Waals surface area contributed by atoms with E-state index in [9.17, 15) is 22.8 Å². The van der Waals surface area contributed by atoms with E-state index in [1.807, 2.05) is 17.2 Å². The monoisotopic (exact) mass is 422 g/mol. The van der Waals surface area contributed by atoms with Gasteiger partial charge in [-0.3, -0.25) is 9.59 Å². The van der Waals surface area contributed by atoms with Gasteiger partial charge in [-0.25, -0.2) is 5.10 Å². The number of piperidine rings is 1. The number of rotatable bonds is 3. The van der Waals surface area contributed by atoms with Gasteiger partial charge in [0, 0.05) is 51.5 Å². The van der Waals surface area contributed by atoms with E-state index in [2.05, 4.69) is 5.10 Å². The number of fused-ring (bicyclic) bond motifs is 1. The molecule has 0 atom stereocenters. The Morgan fingerprint density at radius 1 is 1.23 bits per heavy atom. The quantitative estimate of drug-likeness (QED) is 0.823. The van der Waals surface area contributed by atoms with Gasteiger partial charge in [0.1, 0.15) is 17.4 Å². The summed E-state index contributed by atoms with van der Waals surface area (Å²) in [5.74, 6) is 0.666. The average Bonchev–Trinajstić information content (AvgIpc) is 3.12. The highest BCUT2D eigenvalue weighted by Gasteiger charge is 2.40. The minimum Gasteiger partial charge on any atom is -0.490 e. The second-order valence-electron chi connectivity index (χ2n) is 7.53. The number of alkyl halides is 3. The maximum Gasteiger partial charge on any atom is 0.423 e. The molecule has 2 aromatic rings. The number of aromatic nitrogens is 2. The number of hydrogen-bond acceptors (Lipinski definition) is 5. The number of likely N-dealkylation sites (tertiary alicyclic amines) is 1. The standard InChI is InChI=1S/C20H21F3N4O3/c1-12(28)26-7-5-14(6-8-26)30-17-4-2-3-13-10-27(11-15(13)17)16-9-24-25-19(29)18(16)20(21,22)23/h2-4,9,14H,5-8,10-11H2,1H3,(H,25,29). The Bertz CT molecular complexity index is 1010. The second kappa shape index (κ2) is 7.66. The molecular weight excluding hydrogens is 401 g/mol. The highest BCUT2D eigenvalue weighted by molar-refractivity contribution is 5.73. The van der Waals surface area contributed by atoms with Gasteiger partial charge in [-0.15, -0.1) is 0 Å². The molecule has 1 fully saturated rings. The third kappa shape index (κ3) is 3.86. The SMILES string of the molecule is CC(=O)N1CCC(Oc2cccc3c2CN(c2cn[nH]c(=O)c2C(F)(F)F)C3)CC1. The second-order valence-corrected chi connectivity index (χ2v) is 7.53. The number of ether oxygens (including phenoxy) is 1. The Balaban J connectivity index is 1.55. The van der Waals surface area contributed by atoms with Crippen LogP contribution >= 0.6 is 0 Å². The van der Waals surface area contributed by atoms with Crippen LogP contribution in [0.25, 0.3) is 0 Å². The van der Waals surface area contributed by atoms with Gasteiger partial charge in [-0.05, 0) is 11.6 Å². The smallest absolute Gasteiger partial charge is 0.423 e. The van der Waals surface area contributed by atoms with Crippen LogP contribution in [0.4, 0.5) is 18.9 Å². The molecule has 2 aliphatic rings. The van der Waals surface area contributed by atoms with Crippen molar-refractivity contribution in [2.75, 3.05) is 18.0 Å². The van der Waals surface area contributed by atoms with Crippen LogP contribution in [0, 0.1) is 0 Å². The van der Waals surface area contributed by atoms with Crippen molar-refractivity contribution in [3.63, 3.8) is 0 Å². The Kier molecular flexibility index (Phi) is 5.17. The molecule has 1 amide bonds. The van der Waals surface area contributed by atoms with Crippen molar-refractivity contribution in [1.82, 2.24) is 15.1 Å². The van der Waals surface area contributed by atoms with Gasteiger partial charge >= 0.3 is 6.18 Å². The first-order valence-electron chi connectivity index (χ1n) is 9.67. The highest BCUT2D eigenvalue weighted by Crippen LogP contribution is 2.39. The number of nitrogens with zero attached hydrogens (tertiary/aromatic N) is 3. The highest BCUT2D eigenvalue weighted by atomic mass is 19.4. The van der Waals surface area contributed by atoms with Crippen LogP contribution in [0.2, 0.25) is 0 Å². The fraction of sp³-hybridized carbons (Fsp3) is 0.450. The molecular formula is C20H21F3N4O3. The van der Waals surface area contributed by atoms with Crippen LogP contribution < -0.4 is 15.2 Å². The molecule has 1 aromatic carbocycles. The summed E-state index contributed by atoms with van der Waals surface area (Å²) in [5.41, 5.74) is -1.10. The zero-order valence-corrected chi connectivity index (χ0v) is 16.3. The third-order valence-corrected chi connectivity index (χ3v) is 5.58. The van der Waals surface area contributed by atoms with Crippen molar-refractivity contribution in [2.45, 2.75) is 45.1 Å². The van der Waals surface area contributed by atoms with Gasteiger partial charge in [-0.1, -0.05) is 12.1 Å². The predicted octanol–water partition coefficient (Wildman–Crippen LogP) is 2.70. The van der Waals surface area contributed by atoms with Crippen LogP contribution in [0.5, 0.6) is 5.75 Å². The number of nitrogens with one attached hydrogen (secondary N) is 1. The van der Waals surface area contributed by atoms with Crippen molar-refractivity contribution >= 4 is 11.6 Å². The molecule has 4 rings (SSSR count). The van der Waals surface area contributed by atoms with Crippen molar-refractivity contribution in [2.24, 2.45) is 0 Å². The van der Waals surface area contributed by atoms with Crippen LogP contribution in [-0.2, 0) is 24.1 Å². The van der Waals surface area contributed by atoms with Gasteiger partial charge in [0.05, 0.1) is 11.9 Å². The van der Waals surface area contributed by atoms with Gasteiger partial charge in [0.25, 0.3) is 5.56 Å². The Morgan fingerprint density at radius 2 is 1.97 bits per heavy atom. The number of H-pyrrole nitrogens is 1. The van der Waals surface area contributed by atoms with Crippen molar-refractivity contribution in [3.8, 4) is 5.75 Å². The minimum absolute atomic E-state index is 0.0385. The topological polar surface area (TPSA) is 78.5 Å². The van der Waals surface area contributed by atoms with Crippen molar-refractivity contribution in [3.05, 3.63) is 51.4 Å². The van der Waals surface area contributed by atoms with Crippen LogP contribution in [0.3, 0.4) is 0 Å². The van der Waals surface area contributed by atoms with E-state index in [0.29, 0.717) is 31.7 Å². The minimum atomic E-state index is -4.79. The van der Waals surface area contributed by atoms with Crippen LogP contribution in [-0.4, -0.2) is 40.2 Å². The molecule has 0 bridgehead atoms. The fourth-order valence-corrected chi connectivity index (χ4v) is 4.04. The number of halogens is 3. The van der Waals surface area contributed by atoms with Crippen molar-refractivity contribution in [1.29, 1.82) is 0 Å². The number of anilines is 1. The van der Waals surface area contributed by atoms with Gasteiger partial charge in [0.2, 0.25) is 5.91 Å². The summed E-state index contributed by atoms with van der Waals surface area (Å²) in [5, 5.41) is 5.42. The number of hydrogen-bond donors (Lipinski definition) is 1. The molecule has 160 valence electrons. The normalized spacial score (nSPS) is 17.2. The molecule has 30 heavy (non-hydrogen) atoms. The summed E-state index contributed by atoms with van der Waals surface area (Å²) in [6.45, 7) is 3.19. The van der Waals surface area contributed by atoms with Crippen LogP contribution in [0.1, 0.15) is 36.5 Å². The summed E-state index contributed by atoms with van der Waals surface area (Å²) in [6, 6.07) is 5.46. The lowest BCUT2D eigenvalue weighted by Crippen LogP contribution is -2.40. The molecule has 0 unspecified atom stereocenters. The van der Waals surface area contributed by atoms with E-state index in [0.717, 1.165) is 17.3 Å². The summed E-state index contributed by atoms with van der Waals surface area (Å²) in [4.78, 5) is 26.5. The molecule has 1 aromatic heterocycles. The molecule has 1 saturated heterocycles. The lowest BCUT2D eigenvalue weighted by atomic mass is 10.1. The first kappa shape index (κ1) is 20.2. The Morgan fingerprint density at radius 3 is 2.63 bits per heavy atom. The van der Waals surface area contributed by atoms with E-state index in [1.54, 1.807) is 17.9 Å². The first-order chi connectivity index (χ1) is 14.2. The predicted molar refractivity (Wildman–Crippen MR) is 102 cm³/mol. The van der Waals surface area contributed by atoms with Crippen molar-refractivity contribution < 1.29 is 22.7 Å². The zero-order valence-electron chi connectivity index (χ0n) is 16.3. The molecule has 0 aliphatic carbocycles. The largest absolute Gasteiger partial charge is 0.490 e. The number of benzene rings is 1. The Hall–Kier alpha value is -3.04. The average molecular weight is 422 g/mol. The molecule has 0 radical (unpaired) electrons. The van der Waals surface area contributed by atoms with Gasteiger partial charge < -0.3 is 14.5 Å². The fourth-order valence-electron chi connectivity index (χ4n) is 4.04. The molecule has 0 saturated carbocycles. The zero-order chi connectivity index (χ0) is 21.5. The lowest BCUT2D eigenvalue weighted by molar-refractivity contribution is -0.138. The van der Waals surface area contributed by atoms with Crippen LogP contribution in [0.15, 0.2) is 29.2 Å². The molecule has 0 spiro atoms. The van der Waals surface area contributed by atoms with E-state index in [4.69, 9.17) is 4.74 Å². The molecule has 1 N–H and O–H groups in total. The molecule has 10 heteroatoms. The number of carbonyl (C=O) groups is 1. The summed E-state index contributed by atoms with van der Waals surface area (Å²) >= 11 is 0. The van der Waals surface area contributed by atoms with E-state index in [1.165, 1.54) is 4.90 Å². The molecule has 2 aliphatic heterocycles. The number of aromatic amines is 1. The molecule has 7 nitrogen and oxygen atoms in total. The first-order valence-corrected chi connectivity index (χ1v) is 9.67. The lowest BCUT2D eigenvalue weighted by Gasteiger charge is -2.32. The summed E-state index contributed by atoms with van der Waals surface area (Å²) < 4.78 is 46.5. The maximum atomic E-state index is 13.4. The Labute approximate surface area is 170 Å². The summed E-state index contributed by atoms with van der Waals surface area (Å²) in [6.07, 6.45) is -2.42. The van der Waals surface area contributed by atoms with Gasteiger partial charge in [-0.2, -0.15) is 18.3 Å². The van der Waals surface area contributed by atoms with E-state index < -0.39 is 17.3 Å². The maximum absolute atomic E-state index is 13.4. The van der Waals surface area contributed by atoms with E-state index in [-0.39, 0.29) is 30.8 Å². The van der Waals surface area contributed by atoms with Gasteiger partial charge in [0.15, 0.2) is 0 Å². The third-order valence-electron chi connectivity index (χ3n) is 5.58. The number of amides is 1. The van der Waals surface area contributed by atoms with E-state index >= 15 is 0 Å². The number of carbonyl (C=O) groups excluding carboxylic acids is 1.